The standard InChI is InChI=1S/C15H18O9/c16-6-10-12(20)13(21)14(22)15(24-10)23-9-3-1-7(5-8(9)17)2-4-11(18)19/h1-5,10,12-17,20-22H,6H2,(H,18,19)/t10-,12-,13+,14-,15-/m1/s1. The molecule has 0 unspecified atom stereocenters. The third-order valence-corrected chi connectivity index (χ3v) is 3.49. The van der Waals surface area contributed by atoms with E-state index < -0.39 is 43.3 Å². The number of hydrogen-bond donors (Lipinski definition) is 6. The van der Waals surface area contributed by atoms with Crippen LogP contribution in [-0.2, 0) is 9.53 Å². The van der Waals surface area contributed by atoms with Crippen LogP contribution in [0.15, 0.2) is 24.3 Å². The van der Waals surface area contributed by atoms with Gasteiger partial charge in [0.2, 0.25) is 6.29 Å². The number of carboxylic acid groups (broad SMARTS) is 1. The SMILES string of the molecule is O=C(O)C=Cc1ccc(O[C@@H]2O[C@H](CO)[C@@H](O)[C@H](O)[C@H]2O)c(O)c1. The summed E-state index contributed by atoms with van der Waals surface area (Å²) < 4.78 is 10.4. The molecule has 2 rings (SSSR count). The summed E-state index contributed by atoms with van der Waals surface area (Å²) in [6.07, 6.45) is -5.11. The van der Waals surface area contributed by atoms with E-state index in [-0.39, 0.29) is 11.5 Å². The van der Waals surface area contributed by atoms with E-state index in [4.69, 9.17) is 19.7 Å². The van der Waals surface area contributed by atoms with Gasteiger partial charge in [0.1, 0.15) is 24.4 Å². The lowest BCUT2D eigenvalue weighted by Gasteiger charge is -2.39. The quantitative estimate of drug-likeness (QED) is 0.357. The first-order valence-electron chi connectivity index (χ1n) is 7.04. The van der Waals surface area contributed by atoms with Crippen LogP contribution in [-0.4, -0.2) is 73.9 Å². The van der Waals surface area contributed by atoms with Crippen molar-refractivity contribution >= 4 is 12.0 Å². The maximum absolute atomic E-state index is 10.5. The van der Waals surface area contributed by atoms with E-state index in [0.717, 1.165) is 6.08 Å². The van der Waals surface area contributed by atoms with Crippen molar-refractivity contribution in [2.75, 3.05) is 6.61 Å². The lowest BCUT2D eigenvalue weighted by molar-refractivity contribution is -0.277. The summed E-state index contributed by atoms with van der Waals surface area (Å²) in [5, 5.41) is 56.8. The van der Waals surface area contributed by atoms with Gasteiger partial charge in [0.05, 0.1) is 6.61 Å². The lowest BCUT2D eigenvalue weighted by Crippen LogP contribution is -2.60. The fourth-order valence-corrected chi connectivity index (χ4v) is 2.20. The fourth-order valence-electron chi connectivity index (χ4n) is 2.20. The topological polar surface area (TPSA) is 157 Å². The van der Waals surface area contributed by atoms with Crippen LogP contribution in [0.3, 0.4) is 0 Å². The normalized spacial score (nSPS) is 30.4. The van der Waals surface area contributed by atoms with Gasteiger partial charge in [-0.05, 0) is 23.8 Å². The van der Waals surface area contributed by atoms with Gasteiger partial charge < -0.3 is 40.1 Å². The van der Waals surface area contributed by atoms with Gasteiger partial charge in [-0.25, -0.2) is 4.79 Å². The molecule has 132 valence electrons. The van der Waals surface area contributed by atoms with Gasteiger partial charge in [-0.2, -0.15) is 0 Å². The number of ether oxygens (including phenoxy) is 2. The van der Waals surface area contributed by atoms with E-state index >= 15 is 0 Å². The maximum Gasteiger partial charge on any atom is 0.328 e. The summed E-state index contributed by atoms with van der Waals surface area (Å²) in [6, 6.07) is 4.01. The third-order valence-electron chi connectivity index (χ3n) is 3.49. The van der Waals surface area contributed by atoms with Crippen LogP contribution >= 0.6 is 0 Å². The highest BCUT2D eigenvalue weighted by Crippen LogP contribution is 2.31. The van der Waals surface area contributed by atoms with E-state index in [9.17, 15) is 25.2 Å². The first-order chi connectivity index (χ1) is 11.3. The summed E-state index contributed by atoms with van der Waals surface area (Å²) in [6.45, 7) is -0.601. The zero-order valence-electron chi connectivity index (χ0n) is 12.4. The molecule has 0 aliphatic carbocycles. The highest BCUT2D eigenvalue weighted by molar-refractivity contribution is 5.85. The second-order valence-electron chi connectivity index (χ2n) is 5.21. The van der Waals surface area contributed by atoms with Gasteiger partial charge in [-0.3, -0.25) is 0 Å². The predicted octanol–water partition coefficient (Wildman–Crippen LogP) is -1.33. The Hall–Kier alpha value is -2.17. The minimum absolute atomic E-state index is 0.0909. The average Bonchev–Trinajstić information content (AvgIpc) is 2.55. The summed E-state index contributed by atoms with van der Waals surface area (Å²) in [7, 11) is 0. The molecule has 24 heavy (non-hydrogen) atoms. The second-order valence-corrected chi connectivity index (χ2v) is 5.21. The molecule has 1 aliphatic heterocycles. The maximum atomic E-state index is 10.5. The van der Waals surface area contributed by atoms with E-state index in [0.29, 0.717) is 5.56 Å². The molecule has 0 amide bonds. The molecule has 0 aromatic heterocycles. The first kappa shape index (κ1) is 18.2. The number of aliphatic hydroxyl groups is 4. The molecular weight excluding hydrogens is 324 g/mol. The second kappa shape index (κ2) is 7.60. The molecule has 1 aromatic carbocycles. The van der Waals surface area contributed by atoms with Crippen LogP contribution in [0.5, 0.6) is 11.5 Å². The molecule has 9 nitrogen and oxygen atoms in total. The van der Waals surface area contributed by atoms with Gasteiger partial charge in [-0.15, -0.1) is 0 Å². The summed E-state index contributed by atoms with van der Waals surface area (Å²) in [4.78, 5) is 10.5. The highest BCUT2D eigenvalue weighted by Gasteiger charge is 2.44. The zero-order valence-corrected chi connectivity index (χ0v) is 12.4. The van der Waals surface area contributed by atoms with Gasteiger partial charge in [0, 0.05) is 6.08 Å². The molecule has 0 spiro atoms. The van der Waals surface area contributed by atoms with Crippen LogP contribution in [0.1, 0.15) is 5.56 Å². The van der Waals surface area contributed by atoms with Crippen molar-refractivity contribution in [2.45, 2.75) is 30.7 Å². The Morgan fingerprint density at radius 1 is 1.21 bits per heavy atom. The molecule has 5 atom stereocenters. The van der Waals surface area contributed by atoms with Crippen molar-refractivity contribution in [3.63, 3.8) is 0 Å². The Bertz CT molecular complexity index is 613. The Morgan fingerprint density at radius 2 is 1.92 bits per heavy atom. The predicted molar refractivity (Wildman–Crippen MR) is 79.2 cm³/mol. The highest BCUT2D eigenvalue weighted by atomic mass is 16.7. The summed E-state index contributed by atoms with van der Waals surface area (Å²) >= 11 is 0. The number of aliphatic hydroxyl groups excluding tert-OH is 4. The molecule has 9 heteroatoms. The molecule has 1 heterocycles. The van der Waals surface area contributed by atoms with Crippen molar-refractivity contribution in [1.82, 2.24) is 0 Å². The molecule has 1 aromatic rings. The number of benzene rings is 1. The van der Waals surface area contributed by atoms with Gasteiger partial charge in [0.15, 0.2) is 11.5 Å². The van der Waals surface area contributed by atoms with Gasteiger partial charge >= 0.3 is 5.97 Å². The van der Waals surface area contributed by atoms with Gasteiger partial charge in [-0.1, -0.05) is 6.07 Å². The Balaban J connectivity index is 2.13. The smallest absolute Gasteiger partial charge is 0.328 e. The number of phenolic OH excluding ortho intramolecular Hbond substituents is 1. The third kappa shape index (κ3) is 4.02. The molecule has 1 saturated heterocycles. The monoisotopic (exact) mass is 342 g/mol. The van der Waals surface area contributed by atoms with E-state index in [1.165, 1.54) is 24.3 Å². The number of hydrogen-bond acceptors (Lipinski definition) is 8. The Labute approximate surface area is 136 Å². The van der Waals surface area contributed by atoms with Gasteiger partial charge in [0.25, 0.3) is 0 Å². The lowest BCUT2D eigenvalue weighted by atomic mass is 9.99. The number of aliphatic carboxylic acids is 1. The molecule has 6 N–H and O–H groups in total. The van der Waals surface area contributed by atoms with Crippen LogP contribution in [0.2, 0.25) is 0 Å². The molecule has 1 aliphatic rings. The summed E-state index contributed by atoms with van der Waals surface area (Å²) in [5.41, 5.74) is 0.399. The molecule has 0 radical (unpaired) electrons. The van der Waals surface area contributed by atoms with Crippen molar-refractivity contribution in [3.05, 3.63) is 29.8 Å². The first-order valence-corrected chi connectivity index (χ1v) is 7.04. The van der Waals surface area contributed by atoms with Crippen LogP contribution in [0.4, 0.5) is 0 Å². The fraction of sp³-hybridized carbons (Fsp3) is 0.400. The van der Waals surface area contributed by atoms with Crippen LogP contribution in [0.25, 0.3) is 6.08 Å². The number of phenols is 1. The molecule has 1 fully saturated rings. The minimum Gasteiger partial charge on any atom is -0.504 e. The van der Waals surface area contributed by atoms with Crippen molar-refractivity contribution in [3.8, 4) is 11.5 Å². The Morgan fingerprint density at radius 3 is 2.50 bits per heavy atom. The minimum atomic E-state index is -1.60. The van der Waals surface area contributed by atoms with Crippen LogP contribution in [0, 0.1) is 0 Å². The van der Waals surface area contributed by atoms with Crippen LogP contribution < -0.4 is 4.74 Å². The van der Waals surface area contributed by atoms with Crippen molar-refractivity contribution in [2.24, 2.45) is 0 Å². The van der Waals surface area contributed by atoms with Crippen molar-refractivity contribution < 1.29 is 44.9 Å². The zero-order chi connectivity index (χ0) is 17.9. The van der Waals surface area contributed by atoms with E-state index in [1.807, 2.05) is 0 Å². The number of carbonyl (C=O) groups is 1. The van der Waals surface area contributed by atoms with E-state index in [2.05, 4.69) is 0 Å². The number of rotatable bonds is 5. The summed E-state index contributed by atoms with van der Waals surface area (Å²) in [5.74, 6) is -1.58. The molecular formula is C15H18O9. The Kier molecular flexibility index (Phi) is 5.75. The molecule has 0 bridgehead atoms. The van der Waals surface area contributed by atoms with Crippen molar-refractivity contribution in [1.29, 1.82) is 0 Å². The van der Waals surface area contributed by atoms with E-state index in [1.54, 1.807) is 0 Å². The average molecular weight is 342 g/mol. The molecule has 0 saturated carbocycles. The largest absolute Gasteiger partial charge is 0.504 e. The number of carboxylic acids is 1. The number of aromatic hydroxyl groups is 1.